The second-order valence-electron chi connectivity index (χ2n) is 5.16. The van der Waals surface area contributed by atoms with Crippen molar-refractivity contribution in [2.45, 2.75) is 13.5 Å². The summed E-state index contributed by atoms with van der Waals surface area (Å²) in [7, 11) is 1.59. The fourth-order valence-corrected chi connectivity index (χ4v) is 2.36. The van der Waals surface area contributed by atoms with Gasteiger partial charge in [0.1, 0.15) is 12.1 Å². The molecular weight excluding hydrogens is 326 g/mol. The highest BCUT2D eigenvalue weighted by Crippen LogP contribution is 2.31. The summed E-state index contributed by atoms with van der Waals surface area (Å²) in [4.78, 5) is 20.7. The second-order valence-corrected chi connectivity index (χ2v) is 5.16. The molecule has 2 N–H and O–H groups in total. The normalized spacial score (nSPS) is 10.4. The molecular formula is C16H21N5O4. The number of anilines is 2. The molecule has 0 fully saturated rings. The van der Waals surface area contributed by atoms with Crippen LogP contribution in [0.15, 0.2) is 30.6 Å². The molecule has 2 rings (SSSR count). The van der Waals surface area contributed by atoms with Gasteiger partial charge in [0, 0.05) is 19.6 Å². The number of hydrogen-bond acceptors (Lipinski definition) is 8. The number of methoxy groups -OCH3 is 1. The highest BCUT2D eigenvalue weighted by Gasteiger charge is 2.26. The minimum atomic E-state index is -0.508. The predicted octanol–water partition coefficient (Wildman–Crippen LogP) is 1.82. The summed E-state index contributed by atoms with van der Waals surface area (Å²) in [6.07, 6.45) is 1.28. The first-order chi connectivity index (χ1) is 12.1. The Labute approximate surface area is 145 Å². The number of aliphatic hydroxyl groups is 1. The molecule has 0 radical (unpaired) electrons. The molecule has 134 valence electrons. The maximum absolute atomic E-state index is 11.5. The van der Waals surface area contributed by atoms with Gasteiger partial charge in [-0.15, -0.1) is 0 Å². The topological polar surface area (TPSA) is 114 Å². The summed E-state index contributed by atoms with van der Waals surface area (Å²) in [5, 5.41) is 23.7. The Balaban J connectivity index is 2.25. The van der Waals surface area contributed by atoms with Crippen LogP contribution in [0.3, 0.4) is 0 Å². The second kappa shape index (κ2) is 8.78. The molecule has 0 spiro atoms. The van der Waals surface area contributed by atoms with Gasteiger partial charge in [-0.3, -0.25) is 10.1 Å². The number of ether oxygens (including phenoxy) is 1. The first-order valence-electron chi connectivity index (χ1n) is 7.82. The number of likely N-dealkylation sites (N-methyl/N-ethyl adjacent to an activating group) is 1. The van der Waals surface area contributed by atoms with Gasteiger partial charge in [-0.05, 0) is 24.6 Å². The van der Waals surface area contributed by atoms with Crippen LogP contribution in [0.2, 0.25) is 0 Å². The maximum atomic E-state index is 11.5. The third kappa shape index (κ3) is 4.54. The van der Waals surface area contributed by atoms with Crippen LogP contribution in [-0.2, 0) is 6.54 Å². The van der Waals surface area contributed by atoms with Crippen molar-refractivity contribution in [2.24, 2.45) is 0 Å². The summed E-state index contributed by atoms with van der Waals surface area (Å²) in [5.74, 6) is 1.07. The molecule has 1 aromatic carbocycles. The Hall–Kier alpha value is -2.94. The van der Waals surface area contributed by atoms with Crippen LogP contribution in [0.1, 0.15) is 12.5 Å². The molecule has 0 saturated heterocycles. The lowest BCUT2D eigenvalue weighted by atomic mass is 10.2. The standard InChI is InChI=1S/C16H21N5O4/c1-3-20(8-9-22)16-14(21(23)24)15(18-11-19-16)17-10-12-4-6-13(25-2)7-5-12/h4-7,11,22H,3,8-10H2,1-2H3,(H,17,18,19). The first kappa shape index (κ1) is 18.4. The summed E-state index contributed by atoms with van der Waals surface area (Å²) in [5.41, 5.74) is 0.726. The van der Waals surface area contributed by atoms with Crippen molar-refractivity contribution in [3.05, 3.63) is 46.3 Å². The largest absolute Gasteiger partial charge is 0.497 e. The third-order valence-corrected chi connectivity index (χ3v) is 3.66. The number of rotatable bonds is 9. The molecule has 0 atom stereocenters. The Morgan fingerprint density at radius 1 is 1.32 bits per heavy atom. The lowest BCUT2D eigenvalue weighted by Gasteiger charge is -2.20. The molecule has 25 heavy (non-hydrogen) atoms. The zero-order valence-corrected chi connectivity index (χ0v) is 14.2. The zero-order valence-electron chi connectivity index (χ0n) is 14.2. The van der Waals surface area contributed by atoms with E-state index in [2.05, 4.69) is 15.3 Å². The van der Waals surface area contributed by atoms with Crippen molar-refractivity contribution in [3.8, 4) is 5.75 Å². The predicted molar refractivity (Wildman–Crippen MR) is 94.0 cm³/mol. The van der Waals surface area contributed by atoms with E-state index in [0.29, 0.717) is 13.1 Å². The number of benzene rings is 1. The molecule has 0 unspecified atom stereocenters. The van der Waals surface area contributed by atoms with Gasteiger partial charge >= 0.3 is 5.69 Å². The monoisotopic (exact) mass is 347 g/mol. The summed E-state index contributed by atoms with van der Waals surface area (Å²) in [6.45, 7) is 2.82. The SMILES string of the molecule is CCN(CCO)c1ncnc(NCc2ccc(OC)cc2)c1[N+](=O)[O-]. The van der Waals surface area contributed by atoms with E-state index < -0.39 is 4.92 Å². The molecule has 9 heteroatoms. The average molecular weight is 347 g/mol. The molecule has 2 aromatic rings. The molecule has 0 aliphatic carbocycles. The highest BCUT2D eigenvalue weighted by atomic mass is 16.6. The van der Waals surface area contributed by atoms with E-state index in [4.69, 9.17) is 9.84 Å². The Bertz CT molecular complexity index is 708. The number of nitrogens with one attached hydrogen (secondary N) is 1. The maximum Gasteiger partial charge on any atom is 0.353 e. The number of nitro groups is 1. The fourth-order valence-electron chi connectivity index (χ4n) is 2.36. The molecule has 0 amide bonds. The van der Waals surface area contributed by atoms with Crippen molar-refractivity contribution in [1.82, 2.24) is 9.97 Å². The quantitative estimate of drug-likeness (QED) is 0.521. The van der Waals surface area contributed by atoms with Crippen molar-refractivity contribution >= 4 is 17.3 Å². The van der Waals surface area contributed by atoms with E-state index in [1.165, 1.54) is 6.33 Å². The van der Waals surface area contributed by atoms with E-state index in [-0.39, 0.29) is 30.5 Å². The van der Waals surface area contributed by atoms with Gasteiger partial charge in [0.05, 0.1) is 18.6 Å². The number of aromatic nitrogens is 2. The Morgan fingerprint density at radius 3 is 2.60 bits per heavy atom. The van der Waals surface area contributed by atoms with Crippen LogP contribution >= 0.6 is 0 Å². The molecule has 1 heterocycles. The fraction of sp³-hybridized carbons (Fsp3) is 0.375. The van der Waals surface area contributed by atoms with Gasteiger partial charge in [-0.25, -0.2) is 9.97 Å². The van der Waals surface area contributed by atoms with E-state index in [9.17, 15) is 10.1 Å². The molecule has 0 aliphatic rings. The van der Waals surface area contributed by atoms with Crippen LogP contribution in [0, 0.1) is 10.1 Å². The van der Waals surface area contributed by atoms with Crippen LogP contribution in [0.5, 0.6) is 5.75 Å². The zero-order chi connectivity index (χ0) is 18.2. The van der Waals surface area contributed by atoms with Crippen molar-refractivity contribution in [1.29, 1.82) is 0 Å². The number of nitrogens with zero attached hydrogens (tertiary/aromatic N) is 4. The molecule has 0 bridgehead atoms. The summed E-state index contributed by atoms with van der Waals surface area (Å²) >= 11 is 0. The van der Waals surface area contributed by atoms with Crippen LogP contribution in [0.25, 0.3) is 0 Å². The molecule has 0 aliphatic heterocycles. The van der Waals surface area contributed by atoms with E-state index in [1.807, 2.05) is 31.2 Å². The van der Waals surface area contributed by atoms with Crippen LogP contribution < -0.4 is 15.0 Å². The van der Waals surface area contributed by atoms with Crippen molar-refractivity contribution in [3.63, 3.8) is 0 Å². The molecule has 0 saturated carbocycles. The number of hydrogen-bond donors (Lipinski definition) is 2. The van der Waals surface area contributed by atoms with Crippen LogP contribution in [0.4, 0.5) is 17.3 Å². The van der Waals surface area contributed by atoms with Gasteiger partial charge in [-0.1, -0.05) is 12.1 Å². The lowest BCUT2D eigenvalue weighted by molar-refractivity contribution is -0.383. The summed E-state index contributed by atoms with van der Waals surface area (Å²) in [6, 6.07) is 7.36. The van der Waals surface area contributed by atoms with Gasteiger partial charge in [0.15, 0.2) is 0 Å². The first-order valence-corrected chi connectivity index (χ1v) is 7.82. The van der Waals surface area contributed by atoms with Gasteiger partial charge in [0.25, 0.3) is 0 Å². The van der Waals surface area contributed by atoms with Gasteiger partial charge in [-0.2, -0.15) is 0 Å². The Kier molecular flexibility index (Phi) is 6.47. The Morgan fingerprint density at radius 2 is 2.04 bits per heavy atom. The van der Waals surface area contributed by atoms with E-state index >= 15 is 0 Å². The number of aliphatic hydroxyl groups excluding tert-OH is 1. The van der Waals surface area contributed by atoms with Crippen molar-refractivity contribution < 1.29 is 14.8 Å². The van der Waals surface area contributed by atoms with Gasteiger partial charge in [0.2, 0.25) is 11.6 Å². The van der Waals surface area contributed by atoms with Crippen LogP contribution in [-0.4, -0.2) is 46.8 Å². The smallest absolute Gasteiger partial charge is 0.353 e. The third-order valence-electron chi connectivity index (χ3n) is 3.66. The highest BCUT2D eigenvalue weighted by molar-refractivity contribution is 5.70. The minimum absolute atomic E-state index is 0.121. The average Bonchev–Trinajstić information content (AvgIpc) is 2.64. The van der Waals surface area contributed by atoms with Crippen molar-refractivity contribution in [2.75, 3.05) is 37.0 Å². The lowest BCUT2D eigenvalue weighted by Crippen LogP contribution is -2.28. The summed E-state index contributed by atoms with van der Waals surface area (Å²) < 4.78 is 5.10. The van der Waals surface area contributed by atoms with E-state index in [1.54, 1.807) is 12.0 Å². The molecule has 9 nitrogen and oxygen atoms in total. The molecule has 1 aromatic heterocycles. The minimum Gasteiger partial charge on any atom is -0.497 e. The van der Waals surface area contributed by atoms with Gasteiger partial charge < -0.3 is 20.1 Å². The van der Waals surface area contributed by atoms with E-state index in [0.717, 1.165) is 11.3 Å².